The molecule has 104 valence electrons. The van der Waals surface area contributed by atoms with E-state index in [1.165, 1.54) is 12.1 Å². The van der Waals surface area contributed by atoms with Gasteiger partial charge in [-0.05, 0) is 25.0 Å². The minimum Gasteiger partial charge on any atom is -0.480 e. The Kier molecular flexibility index (Phi) is 3.80. The molecule has 0 radical (unpaired) electrons. The van der Waals surface area contributed by atoms with Crippen molar-refractivity contribution < 1.29 is 22.7 Å². The van der Waals surface area contributed by atoms with Crippen molar-refractivity contribution >= 4 is 27.6 Å². The van der Waals surface area contributed by atoms with Gasteiger partial charge in [-0.25, -0.2) is 12.8 Å². The number of sulfonamides is 1. The molecule has 0 saturated carbocycles. The van der Waals surface area contributed by atoms with Crippen LogP contribution < -0.4 is 0 Å². The Morgan fingerprint density at radius 3 is 2.74 bits per heavy atom. The zero-order chi connectivity index (χ0) is 14.2. The van der Waals surface area contributed by atoms with E-state index in [-0.39, 0.29) is 18.0 Å². The molecule has 1 aromatic rings. The fourth-order valence-electron chi connectivity index (χ4n) is 2.12. The third kappa shape index (κ3) is 2.45. The number of halogens is 2. The molecule has 1 aliphatic rings. The molecular weight excluding hydrogens is 297 g/mol. The summed E-state index contributed by atoms with van der Waals surface area (Å²) in [5, 5.41) is 8.75. The van der Waals surface area contributed by atoms with Gasteiger partial charge in [0.2, 0.25) is 10.0 Å². The first kappa shape index (κ1) is 14.2. The Morgan fingerprint density at radius 2 is 2.16 bits per heavy atom. The summed E-state index contributed by atoms with van der Waals surface area (Å²) >= 11 is 5.73. The van der Waals surface area contributed by atoms with Gasteiger partial charge in [-0.1, -0.05) is 17.7 Å². The van der Waals surface area contributed by atoms with Crippen LogP contribution in [0.4, 0.5) is 4.39 Å². The van der Waals surface area contributed by atoms with Gasteiger partial charge in [0.05, 0.1) is 5.02 Å². The van der Waals surface area contributed by atoms with E-state index >= 15 is 0 Å². The van der Waals surface area contributed by atoms with Gasteiger partial charge < -0.3 is 5.11 Å². The topological polar surface area (TPSA) is 74.7 Å². The SMILES string of the molecule is O=C(O)[C@@H]1CCCN1S(=O)(=O)c1c(F)cccc1Cl. The molecule has 0 amide bonds. The molecule has 1 aromatic carbocycles. The number of benzene rings is 1. The fraction of sp³-hybridized carbons (Fsp3) is 0.364. The highest BCUT2D eigenvalue weighted by molar-refractivity contribution is 7.89. The van der Waals surface area contributed by atoms with Crippen LogP contribution in [0.1, 0.15) is 12.8 Å². The number of hydrogen-bond donors (Lipinski definition) is 1. The quantitative estimate of drug-likeness (QED) is 0.922. The summed E-state index contributed by atoms with van der Waals surface area (Å²) in [7, 11) is -4.25. The first-order valence-electron chi connectivity index (χ1n) is 5.54. The van der Waals surface area contributed by atoms with Crippen molar-refractivity contribution in [3.63, 3.8) is 0 Å². The second-order valence-electron chi connectivity index (χ2n) is 4.16. The highest BCUT2D eigenvalue weighted by atomic mass is 35.5. The van der Waals surface area contributed by atoms with Crippen molar-refractivity contribution in [1.82, 2.24) is 4.31 Å². The van der Waals surface area contributed by atoms with Crippen LogP contribution in [-0.4, -0.2) is 36.4 Å². The van der Waals surface area contributed by atoms with Crippen LogP contribution in [0, 0.1) is 5.82 Å². The van der Waals surface area contributed by atoms with Gasteiger partial charge >= 0.3 is 5.97 Å². The van der Waals surface area contributed by atoms with Crippen molar-refractivity contribution in [2.45, 2.75) is 23.8 Å². The molecule has 1 atom stereocenters. The zero-order valence-corrected chi connectivity index (χ0v) is 11.3. The normalized spacial score (nSPS) is 20.6. The molecule has 0 spiro atoms. The van der Waals surface area contributed by atoms with Crippen LogP contribution in [0.5, 0.6) is 0 Å². The van der Waals surface area contributed by atoms with Gasteiger partial charge in [-0.2, -0.15) is 4.31 Å². The minimum atomic E-state index is -4.25. The summed E-state index contributed by atoms with van der Waals surface area (Å²) in [6.07, 6.45) is 0.628. The molecule has 2 rings (SSSR count). The molecule has 0 unspecified atom stereocenters. The van der Waals surface area contributed by atoms with Gasteiger partial charge in [0.1, 0.15) is 16.8 Å². The van der Waals surface area contributed by atoms with E-state index in [2.05, 4.69) is 0 Å². The summed E-state index contributed by atoms with van der Waals surface area (Å²) in [5.41, 5.74) is 0. The van der Waals surface area contributed by atoms with Gasteiger partial charge in [-0.3, -0.25) is 4.79 Å². The molecule has 1 aliphatic heterocycles. The number of nitrogens with zero attached hydrogens (tertiary/aromatic N) is 1. The lowest BCUT2D eigenvalue weighted by atomic mass is 10.2. The first-order chi connectivity index (χ1) is 8.85. The Bertz CT molecular complexity index is 599. The second kappa shape index (κ2) is 5.07. The number of carboxylic acids is 1. The van der Waals surface area contributed by atoms with E-state index in [1.807, 2.05) is 0 Å². The van der Waals surface area contributed by atoms with E-state index in [0.29, 0.717) is 6.42 Å². The van der Waals surface area contributed by atoms with Crippen molar-refractivity contribution in [3.05, 3.63) is 29.0 Å². The van der Waals surface area contributed by atoms with Gasteiger partial charge in [0, 0.05) is 6.54 Å². The Labute approximate surface area is 114 Å². The Hall–Kier alpha value is -1.18. The Morgan fingerprint density at radius 1 is 1.47 bits per heavy atom. The molecule has 5 nitrogen and oxygen atoms in total. The lowest BCUT2D eigenvalue weighted by Crippen LogP contribution is -2.40. The van der Waals surface area contributed by atoms with Crippen LogP contribution in [0.15, 0.2) is 23.1 Å². The van der Waals surface area contributed by atoms with Crippen molar-refractivity contribution in [3.8, 4) is 0 Å². The van der Waals surface area contributed by atoms with Gasteiger partial charge in [-0.15, -0.1) is 0 Å². The third-order valence-electron chi connectivity index (χ3n) is 2.97. The maximum absolute atomic E-state index is 13.7. The molecule has 0 bridgehead atoms. The van der Waals surface area contributed by atoms with Crippen molar-refractivity contribution in [2.75, 3.05) is 6.54 Å². The monoisotopic (exact) mass is 307 g/mol. The molecule has 8 heteroatoms. The maximum Gasteiger partial charge on any atom is 0.322 e. The Balaban J connectivity index is 2.51. The lowest BCUT2D eigenvalue weighted by Gasteiger charge is -2.21. The number of carboxylic acid groups (broad SMARTS) is 1. The number of aliphatic carboxylic acids is 1. The van der Waals surface area contributed by atoms with E-state index in [0.717, 1.165) is 10.4 Å². The highest BCUT2D eigenvalue weighted by Crippen LogP contribution is 2.31. The largest absolute Gasteiger partial charge is 0.480 e. The van der Waals surface area contributed by atoms with Crippen LogP contribution >= 0.6 is 11.6 Å². The van der Waals surface area contributed by atoms with Crippen LogP contribution in [0.3, 0.4) is 0 Å². The summed E-state index contributed by atoms with van der Waals surface area (Å²) < 4.78 is 39.1. The third-order valence-corrected chi connectivity index (χ3v) is 5.39. The van der Waals surface area contributed by atoms with Crippen LogP contribution in [-0.2, 0) is 14.8 Å². The van der Waals surface area contributed by atoms with E-state index < -0.39 is 32.7 Å². The number of rotatable bonds is 3. The van der Waals surface area contributed by atoms with Crippen LogP contribution in [0.25, 0.3) is 0 Å². The standard InChI is InChI=1S/C11H11ClFNO4S/c12-7-3-1-4-8(13)10(7)19(17,18)14-6-2-5-9(14)11(15)16/h1,3-4,9H,2,5-6H2,(H,15,16)/t9-/m0/s1. The summed E-state index contributed by atoms with van der Waals surface area (Å²) in [6, 6.07) is 2.35. The number of hydrogen-bond acceptors (Lipinski definition) is 3. The van der Waals surface area contributed by atoms with Gasteiger partial charge in [0.15, 0.2) is 0 Å². The summed E-state index contributed by atoms with van der Waals surface area (Å²) in [6.45, 7) is 0.0456. The molecule has 1 N–H and O–H groups in total. The van der Waals surface area contributed by atoms with E-state index in [9.17, 15) is 17.6 Å². The van der Waals surface area contributed by atoms with Crippen LogP contribution in [0.2, 0.25) is 5.02 Å². The summed E-state index contributed by atoms with van der Waals surface area (Å²) in [5.74, 6) is -2.22. The average molecular weight is 308 g/mol. The molecule has 0 aliphatic carbocycles. The van der Waals surface area contributed by atoms with Gasteiger partial charge in [0.25, 0.3) is 0 Å². The molecule has 19 heavy (non-hydrogen) atoms. The van der Waals surface area contributed by atoms with Crippen molar-refractivity contribution in [1.29, 1.82) is 0 Å². The average Bonchev–Trinajstić information content (AvgIpc) is 2.77. The second-order valence-corrected chi connectivity index (χ2v) is 6.40. The molecule has 1 fully saturated rings. The fourth-order valence-corrected chi connectivity index (χ4v) is 4.34. The predicted octanol–water partition coefficient (Wildman–Crippen LogP) is 1.72. The molecule has 1 heterocycles. The smallest absolute Gasteiger partial charge is 0.322 e. The van der Waals surface area contributed by atoms with E-state index in [1.54, 1.807) is 0 Å². The molecule has 1 saturated heterocycles. The highest BCUT2D eigenvalue weighted by Gasteiger charge is 2.41. The maximum atomic E-state index is 13.7. The lowest BCUT2D eigenvalue weighted by molar-refractivity contribution is -0.140. The molecule has 0 aromatic heterocycles. The van der Waals surface area contributed by atoms with E-state index in [4.69, 9.17) is 16.7 Å². The predicted molar refractivity (Wildman–Crippen MR) is 66.0 cm³/mol. The summed E-state index contributed by atoms with van der Waals surface area (Å²) in [4.78, 5) is 10.4. The zero-order valence-electron chi connectivity index (χ0n) is 9.71. The number of carbonyl (C=O) groups is 1. The van der Waals surface area contributed by atoms with Crippen molar-refractivity contribution in [2.24, 2.45) is 0 Å². The first-order valence-corrected chi connectivity index (χ1v) is 7.36. The minimum absolute atomic E-state index is 0.0456. The molecular formula is C11H11ClFNO4S.